The number of nitrogens with zero attached hydrogens (tertiary/aromatic N) is 3. The first kappa shape index (κ1) is 21.0. The van der Waals surface area contributed by atoms with Crippen molar-refractivity contribution in [3.05, 3.63) is 102 Å². The quantitative estimate of drug-likeness (QED) is 0.255. The number of thioether (sulfide) groups is 1. The lowest BCUT2D eigenvalue weighted by Crippen LogP contribution is -2.28. The van der Waals surface area contributed by atoms with Gasteiger partial charge in [0.25, 0.3) is 5.91 Å². The number of aromatic nitrogens is 3. The van der Waals surface area contributed by atoms with E-state index in [1.165, 1.54) is 10.8 Å². The van der Waals surface area contributed by atoms with Crippen molar-refractivity contribution >= 4 is 39.8 Å². The third-order valence-corrected chi connectivity index (χ3v) is 6.40. The van der Waals surface area contributed by atoms with E-state index in [9.17, 15) is 4.79 Å². The van der Waals surface area contributed by atoms with E-state index in [1.54, 1.807) is 11.8 Å². The zero-order chi connectivity index (χ0) is 22.5. The number of amides is 1. The minimum absolute atomic E-state index is 0.0719. The van der Waals surface area contributed by atoms with Gasteiger partial charge in [-0.3, -0.25) is 9.20 Å². The Balaban J connectivity index is 1.11. The number of anilines is 1. The second kappa shape index (κ2) is 9.75. The molecule has 1 amide bonds. The molecule has 0 unspecified atom stereocenters. The highest BCUT2D eigenvalue weighted by atomic mass is 32.2. The highest BCUT2D eigenvalue weighted by Crippen LogP contribution is 2.23. The Kier molecular flexibility index (Phi) is 6.21. The molecule has 0 aliphatic carbocycles. The van der Waals surface area contributed by atoms with Gasteiger partial charge in [0.05, 0.1) is 0 Å². The largest absolute Gasteiger partial charge is 0.383 e. The van der Waals surface area contributed by atoms with Crippen LogP contribution in [-0.4, -0.2) is 33.6 Å². The molecule has 2 N–H and O–H groups in total. The molecule has 164 valence electrons. The summed E-state index contributed by atoms with van der Waals surface area (Å²) in [5.74, 6) is 0.685. The maximum atomic E-state index is 12.5. The monoisotopic (exact) mass is 453 g/mol. The van der Waals surface area contributed by atoms with Crippen molar-refractivity contribution in [2.24, 2.45) is 0 Å². The Morgan fingerprint density at radius 1 is 0.848 bits per heavy atom. The lowest BCUT2D eigenvalue weighted by molar-refractivity contribution is 0.0955. The fourth-order valence-electron chi connectivity index (χ4n) is 3.67. The SMILES string of the molecule is O=C(NCCNc1cccc2ccccc12)c1ccc(CSc2nnc3ccccn23)cc1. The average Bonchev–Trinajstić information content (AvgIpc) is 3.29. The first-order valence-electron chi connectivity index (χ1n) is 10.8. The molecule has 0 saturated carbocycles. The second-order valence-electron chi connectivity index (χ2n) is 7.61. The summed E-state index contributed by atoms with van der Waals surface area (Å²) in [6, 6.07) is 28.0. The predicted octanol–water partition coefficient (Wildman–Crippen LogP) is 5.02. The van der Waals surface area contributed by atoms with Crippen LogP contribution in [0.5, 0.6) is 0 Å². The Morgan fingerprint density at radius 2 is 1.67 bits per heavy atom. The Morgan fingerprint density at radius 3 is 2.58 bits per heavy atom. The van der Waals surface area contributed by atoms with Crippen LogP contribution in [0.15, 0.2) is 96.3 Å². The lowest BCUT2D eigenvalue weighted by atomic mass is 10.1. The van der Waals surface area contributed by atoms with Crippen molar-refractivity contribution in [1.29, 1.82) is 0 Å². The minimum Gasteiger partial charge on any atom is -0.383 e. The number of carbonyl (C=O) groups excluding carboxylic acids is 1. The molecule has 0 fully saturated rings. The van der Waals surface area contributed by atoms with E-state index in [0.29, 0.717) is 18.7 Å². The summed E-state index contributed by atoms with van der Waals surface area (Å²) >= 11 is 1.62. The highest BCUT2D eigenvalue weighted by molar-refractivity contribution is 7.98. The molecular weight excluding hydrogens is 430 g/mol. The Bertz CT molecular complexity index is 1390. The molecule has 6 nitrogen and oxygen atoms in total. The van der Waals surface area contributed by atoms with Crippen LogP contribution in [0.4, 0.5) is 5.69 Å². The fourth-order valence-corrected chi connectivity index (χ4v) is 4.55. The van der Waals surface area contributed by atoms with E-state index in [1.807, 2.05) is 71.3 Å². The van der Waals surface area contributed by atoms with Gasteiger partial charge in [-0.2, -0.15) is 0 Å². The maximum absolute atomic E-state index is 12.5. The van der Waals surface area contributed by atoms with Gasteiger partial charge >= 0.3 is 0 Å². The van der Waals surface area contributed by atoms with E-state index >= 15 is 0 Å². The van der Waals surface area contributed by atoms with Gasteiger partial charge in [-0.05, 0) is 41.3 Å². The van der Waals surface area contributed by atoms with E-state index in [4.69, 9.17) is 0 Å². The first-order chi connectivity index (χ1) is 16.3. The summed E-state index contributed by atoms with van der Waals surface area (Å²) in [5, 5.41) is 18.0. The molecule has 0 spiro atoms. The number of carbonyl (C=O) groups is 1. The maximum Gasteiger partial charge on any atom is 0.251 e. The van der Waals surface area contributed by atoms with E-state index in [0.717, 1.165) is 27.8 Å². The molecular formula is C26H23N5OS. The second-order valence-corrected chi connectivity index (χ2v) is 8.55. The molecule has 0 radical (unpaired) electrons. The van der Waals surface area contributed by atoms with Gasteiger partial charge in [-0.15, -0.1) is 10.2 Å². The van der Waals surface area contributed by atoms with Crippen molar-refractivity contribution in [1.82, 2.24) is 19.9 Å². The van der Waals surface area contributed by atoms with E-state index in [-0.39, 0.29) is 5.91 Å². The Hall–Kier alpha value is -3.84. The fraction of sp³-hybridized carbons (Fsp3) is 0.115. The van der Waals surface area contributed by atoms with Crippen LogP contribution in [0.25, 0.3) is 16.4 Å². The standard InChI is InChI=1S/C26H23N5OS/c32-25(28-16-15-27-23-9-5-7-20-6-1-2-8-22(20)23)21-13-11-19(12-14-21)18-33-26-30-29-24-10-3-4-17-31(24)26/h1-14,17,27H,15-16,18H2,(H,28,32). The number of rotatable bonds is 8. The Labute approximate surface area is 196 Å². The number of hydrogen-bond donors (Lipinski definition) is 2. The van der Waals surface area contributed by atoms with E-state index in [2.05, 4.69) is 45.1 Å². The van der Waals surface area contributed by atoms with Gasteiger partial charge in [-0.25, -0.2) is 0 Å². The molecule has 7 heteroatoms. The van der Waals surface area contributed by atoms with Crippen LogP contribution in [-0.2, 0) is 5.75 Å². The third-order valence-electron chi connectivity index (χ3n) is 5.38. The molecule has 0 aliphatic heterocycles. The van der Waals surface area contributed by atoms with Gasteiger partial charge in [0, 0.05) is 41.7 Å². The summed E-state index contributed by atoms with van der Waals surface area (Å²) < 4.78 is 1.97. The smallest absolute Gasteiger partial charge is 0.251 e. The van der Waals surface area contributed by atoms with Crippen molar-refractivity contribution in [3.63, 3.8) is 0 Å². The van der Waals surface area contributed by atoms with Crippen molar-refractivity contribution < 1.29 is 4.79 Å². The zero-order valence-corrected chi connectivity index (χ0v) is 18.8. The van der Waals surface area contributed by atoms with Crippen LogP contribution in [0.2, 0.25) is 0 Å². The number of benzene rings is 3. The van der Waals surface area contributed by atoms with E-state index < -0.39 is 0 Å². The predicted molar refractivity (Wildman–Crippen MR) is 134 cm³/mol. The molecule has 5 aromatic rings. The number of hydrogen-bond acceptors (Lipinski definition) is 5. The van der Waals surface area contributed by atoms with Crippen LogP contribution in [0, 0.1) is 0 Å². The topological polar surface area (TPSA) is 71.3 Å². The molecule has 2 aromatic heterocycles. The van der Waals surface area contributed by atoms with Crippen LogP contribution < -0.4 is 10.6 Å². The summed E-state index contributed by atoms with van der Waals surface area (Å²) in [7, 11) is 0. The van der Waals surface area contributed by atoms with Gasteiger partial charge in [0.1, 0.15) is 0 Å². The van der Waals surface area contributed by atoms with Crippen molar-refractivity contribution in [2.75, 3.05) is 18.4 Å². The average molecular weight is 454 g/mol. The van der Waals surface area contributed by atoms with Crippen LogP contribution >= 0.6 is 11.8 Å². The lowest BCUT2D eigenvalue weighted by Gasteiger charge is -2.11. The van der Waals surface area contributed by atoms with Gasteiger partial charge in [0.15, 0.2) is 10.8 Å². The minimum atomic E-state index is -0.0719. The third kappa shape index (κ3) is 4.83. The summed E-state index contributed by atoms with van der Waals surface area (Å²) in [5.41, 5.74) is 3.69. The van der Waals surface area contributed by atoms with Gasteiger partial charge in [-0.1, -0.05) is 66.4 Å². The van der Waals surface area contributed by atoms with Crippen molar-refractivity contribution in [2.45, 2.75) is 10.9 Å². The van der Waals surface area contributed by atoms with Gasteiger partial charge in [0.2, 0.25) is 0 Å². The normalized spacial score (nSPS) is 11.0. The van der Waals surface area contributed by atoms with Crippen LogP contribution in [0.1, 0.15) is 15.9 Å². The summed E-state index contributed by atoms with van der Waals surface area (Å²) in [6.07, 6.45) is 1.96. The molecule has 3 aromatic carbocycles. The number of nitrogens with one attached hydrogen (secondary N) is 2. The molecule has 33 heavy (non-hydrogen) atoms. The number of pyridine rings is 1. The summed E-state index contributed by atoms with van der Waals surface area (Å²) in [6.45, 7) is 1.19. The molecule has 0 atom stereocenters. The molecule has 0 saturated heterocycles. The molecule has 2 heterocycles. The zero-order valence-electron chi connectivity index (χ0n) is 17.9. The van der Waals surface area contributed by atoms with Gasteiger partial charge < -0.3 is 10.6 Å². The molecule has 0 aliphatic rings. The summed E-state index contributed by atoms with van der Waals surface area (Å²) in [4.78, 5) is 12.5. The number of fused-ring (bicyclic) bond motifs is 2. The first-order valence-corrected chi connectivity index (χ1v) is 11.8. The molecule has 5 rings (SSSR count). The van der Waals surface area contributed by atoms with Crippen molar-refractivity contribution in [3.8, 4) is 0 Å². The highest BCUT2D eigenvalue weighted by Gasteiger charge is 2.08. The van der Waals surface area contributed by atoms with Crippen LogP contribution in [0.3, 0.4) is 0 Å². The molecule has 0 bridgehead atoms.